The van der Waals surface area contributed by atoms with Gasteiger partial charge in [-0.1, -0.05) is 23.3 Å². The van der Waals surface area contributed by atoms with Gasteiger partial charge in [0.1, 0.15) is 5.75 Å². The van der Waals surface area contributed by atoms with Crippen molar-refractivity contribution in [3.63, 3.8) is 0 Å². The van der Waals surface area contributed by atoms with Crippen molar-refractivity contribution in [2.24, 2.45) is 0 Å². The summed E-state index contributed by atoms with van der Waals surface area (Å²) in [6.07, 6.45) is -0.331. The molecule has 0 radical (unpaired) electrons. The second-order valence-corrected chi connectivity index (χ2v) is 4.76. The van der Waals surface area contributed by atoms with E-state index >= 15 is 0 Å². The maximum absolute atomic E-state index is 12.0. The minimum Gasteiger partial charge on any atom is -0.410 e. The van der Waals surface area contributed by atoms with Crippen LogP contribution in [0.2, 0.25) is 0 Å². The molecule has 2 aromatic rings. The second kappa shape index (κ2) is 5.82. The monoisotopic (exact) mass is 288 g/mol. The first kappa shape index (κ1) is 13.4. The number of hydrogen-bond donors (Lipinski definition) is 0. The lowest BCUT2D eigenvalue weighted by atomic mass is 10.3. The lowest BCUT2D eigenvalue weighted by Gasteiger charge is -2.32. The van der Waals surface area contributed by atoms with Crippen LogP contribution < -0.4 is 9.64 Å². The first-order chi connectivity index (χ1) is 10.2. The third kappa shape index (κ3) is 3.13. The predicted octanol–water partition coefficient (Wildman–Crippen LogP) is 1.70. The molecule has 7 nitrogen and oxygen atoms in total. The minimum absolute atomic E-state index is 0.331. The van der Waals surface area contributed by atoms with Crippen LogP contribution in [0.25, 0.3) is 0 Å². The van der Waals surface area contributed by atoms with Gasteiger partial charge in [0, 0.05) is 33.1 Å². The van der Waals surface area contributed by atoms with Crippen molar-refractivity contribution in [1.82, 2.24) is 15.1 Å². The van der Waals surface area contributed by atoms with Crippen molar-refractivity contribution in [3.8, 4) is 5.75 Å². The molecule has 1 amide bonds. The van der Waals surface area contributed by atoms with Gasteiger partial charge in [-0.05, 0) is 12.1 Å². The van der Waals surface area contributed by atoms with Gasteiger partial charge in [-0.25, -0.2) is 4.79 Å². The number of benzene rings is 1. The molecule has 1 saturated heterocycles. The maximum atomic E-state index is 12.0. The quantitative estimate of drug-likeness (QED) is 0.837. The number of carbonyl (C=O) groups excluding carboxylic acids is 1. The summed E-state index contributed by atoms with van der Waals surface area (Å²) in [5, 5.41) is 7.79. The Morgan fingerprint density at radius 1 is 1.14 bits per heavy atom. The SMILES string of the molecule is Cc1nnc(N2CCN(C(=O)Oc3ccccc3)CC2)o1. The van der Waals surface area contributed by atoms with Crippen LogP contribution in [-0.4, -0.2) is 47.4 Å². The van der Waals surface area contributed by atoms with Crippen LogP contribution in [0.3, 0.4) is 0 Å². The first-order valence-corrected chi connectivity index (χ1v) is 6.79. The van der Waals surface area contributed by atoms with E-state index in [0.717, 1.165) is 0 Å². The minimum atomic E-state index is -0.331. The van der Waals surface area contributed by atoms with Crippen molar-refractivity contribution < 1.29 is 13.9 Å². The molecule has 0 unspecified atom stereocenters. The Labute approximate surface area is 122 Å². The molecule has 1 aromatic carbocycles. The Kier molecular flexibility index (Phi) is 3.72. The molecule has 0 N–H and O–H groups in total. The summed E-state index contributed by atoms with van der Waals surface area (Å²) in [5.41, 5.74) is 0. The van der Waals surface area contributed by atoms with Gasteiger partial charge in [0.25, 0.3) is 0 Å². The molecule has 0 bridgehead atoms. The van der Waals surface area contributed by atoms with Crippen molar-refractivity contribution in [2.75, 3.05) is 31.1 Å². The smallest absolute Gasteiger partial charge is 0.410 e. The first-order valence-electron chi connectivity index (χ1n) is 6.79. The molecule has 0 spiro atoms. The van der Waals surface area contributed by atoms with Crippen LogP contribution in [0.1, 0.15) is 5.89 Å². The molecule has 0 aliphatic carbocycles. The van der Waals surface area contributed by atoms with Gasteiger partial charge >= 0.3 is 12.1 Å². The number of amides is 1. The van der Waals surface area contributed by atoms with Gasteiger partial charge in [-0.3, -0.25) is 0 Å². The van der Waals surface area contributed by atoms with Crippen LogP contribution in [0, 0.1) is 6.92 Å². The molecule has 3 rings (SSSR count). The molecule has 1 aliphatic heterocycles. The van der Waals surface area contributed by atoms with E-state index in [9.17, 15) is 4.79 Å². The van der Waals surface area contributed by atoms with Crippen LogP contribution in [0.4, 0.5) is 10.8 Å². The van der Waals surface area contributed by atoms with E-state index in [1.165, 1.54) is 0 Å². The summed E-state index contributed by atoms with van der Waals surface area (Å²) >= 11 is 0. The third-order valence-electron chi connectivity index (χ3n) is 3.27. The molecule has 1 aromatic heterocycles. The Morgan fingerprint density at radius 2 is 1.86 bits per heavy atom. The number of ether oxygens (including phenoxy) is 1. The summed E-state index contributed by atoms with van der Waals surface area (Å²) in [6, 6.07) is 9.56. The summed E-state index contributed by atoms with van der Waals surface area (Å²) in [4.78, 5) is 15.7. The number of carbonyl (C=O) groups is 1. The highest BCUT2D eigenvalue weighted by Crippen LogP contribution is 2.16. The van der Waals surface area contributed by atoms with E-state index in [4.69, 9.17) is 9.15 Å². The lowest BCUT2D eigenvalue weighted by Crippen LogP contribution is -2.49. The van der Waals surface area contributed by atoms with E-state index in [-0.39, 0.29) is 6.09 Å². The van der Waals surface area contributed by atoms with Crippen LogP contribution >= 0.6 is 0 Å². The zero-order valence-electron chi connectivity index (χ0n) is 11.7. The third-order valence-corrected chi connectivity index (χ3v) is 3.27. The highest BCUT2D eigenvalue weighted by atomic mass is 16.6. The number of nitrogens with zero attached hydrogens (tertiary/aromatic N) is 4. The van der Waals surface area contributed by atoms with Crippen LogP contribution in [0.15, 0.2) is 34.7 Å². The molecule has 1 fully saturated rings. The van der Waals surface area contributed by atoms with E-state index in [1.54, 1.807) is 24.0 Å². The Hall–Kier alpha value is -2.57. The summed E-state index contributed by atoms with van der Waals surface area (Å²) < 4.78 is 10.7. The molecular weight excluding hydrogens is 272 g/mol. The molecule has 110 valence electrons. The molecule has 7 heteroatoms. The van der Waals surface area contributed by atoms with Gasteiger partial charge in [-0.15, -0.1) is 5.10 Å². The Balaban J connectivity index is 1.54. The standard InChI is InChI=1S/C14H16N4O3/c1-11-15-16-13(20-11)17-7-9-18(10-8-17)14(19)21-12-5-3-2-4-6-12/h2-6H,7-10H2,1H3. The number of aromatic nitrogens is 2. The Morgan fingerprint density at radius 3 is 2.48 bits per heavy atom. The number of anilines is 1. The number of piperazine rings is 1. The zero-order valence-corrected chi connectivity index (χ0v) is 11.7. The molecule has 21 heavy (non-hydrogen) atoms. The summed E-state index contributed by atoms with van der Waals surface area (Å²) in [5.74, 6) is 1.09. The normalized spacial score (nSPS) is 15.1. The predicted molar refractivity (Wildman–Crippen MR) is 75.3 cm³/mol. The molecule has 1 aliphatic rings. The highest BCUT2D eigenvalue weighted by molar-refractivity contribution is 5.71. The lowest BCUT2D eigenvalue weighted by molar-refractivity contribution is 0.148. The highest BCUT2D eigenvalue weighted by Gasteiger charge is 2.25. The van der Waals surface area contributed by atoms with Crippen molar-refractivity contribution >= 4 is 12.1 Å². The number of para-hydroxylation sites is 1. The summed E-state index contributed by atoms with van der Waals surface area (Å²) in [6.45, 7) is 4.17. The maximum Gasteiger partial charge on any atom is 0.415 e. The van der Waals surface area contributed by atoms with E-state index in [2.05, 4.69) is 10.2 Å². The van der Waals surface area contributed by atoms with Gasteiger partial charge in [-0.2, -0.15) is 0 Å². The van der Waals surface area contributed by atoms with Crippen LogP contribution in [-0.2, 0) is 0 Å². The van der Waals surface area contributed by atoms with Gasteiger partial charge < -0.3 is 19.0 Å². The second-order valence-electron chi connectivity index (χ2n) is 4.76. The van der Waals surface area contributed by atoms with Gasteiger partial charge in [0.05, 0.1) is 0 Å². The number of rotatable bonds is 2. The summed E-state index contributed by atoms with van der Waals surface area (Å²) in [7, 11) is 0. The average molecular weight is 288 g/mol. The van der Waals surface area contributed by atoms with Gasteiger partial charge in [0.15, 0.2) is 0 Å². The molecule has 2 heterocycles. The van der Waals surface area contributed by atoms with Crippen molar-refractivity contribution in [3.05, 3.63) is 36.2 Å². The zero-order chi connectivity index (χ0) is 14.7. The van der Waals surface area contributed by atoms with Gasteiger partial charge in [0.2, 0.25) is 5.89 Å². The largest absolute Gasteiger partial charge is 0.415 e. The van der Waals surface area contributed by atoms with Crippen LogP contribution in [0.5, 0.6) is 5.75 Å². The van der Waals surface area contributed by atoms with E-state index in [0.29, 0.717) is 43.8 Å². The number of aryl methyl sites for hydroxylation is 1. The van der Waals surface area contributed by atoms with E-state index in [1.807, 2.05) is 23.1 Å². The number of hydrogen-bond acceptors (Lipinski definition) is 6. The fourth-order valence-corrected chi connectivity index (χ4v) is 2.15. The Bertz CT molecular complexity index is 606. The van der Waals surface area contributed by atoms with Crippen molar-refractivity contribution in [2.45, 2.75) is 6.92 Å². The molecular formula is C14H16N4O3. The topological polar surface area (TPSA) is 71.7 Å². The van der Waals surface area contributed by atoms with E-state index < -0.39 is 0 Å². The average Bonchev–Trinajstić information content (AvgIpc) is 2.95. The fourth-order valence-electron chi connectivity index (χ4n) is 2.15. The fraction of sp³-hybridized carbons (Fsp3) is 0.357. The molecule has 0 atom stereocenters. The van der Waals surface area contributed by atoms with Crippen molar-refractivity contribution in [1.29, 1.82) is 0 Å². The molecule has 0 saturated carbocycles.